The van der Waals surface area contributed by atoms with E-state index in [1.807, 2.05) is 13.8 Å². The molecule has 0 N–H and O–H groups in total. The maximum absolute atomic E-state index is 10.9. The van der Waals surface area contributed by atoms with E-state index < -0.39 is 0 Å². The van der Waals surface area contributed by atoms with E-state index in [4.69, 9.17) is 4.74 Å². The molecule has 0 aromatic carbocycles. The number of fused-ring (bicyclic) bond motifs is 1. The number of ether oxygens (including phenoxy) is 1. The van der Waals surface area contributed by atoms with Crippen molar-refractivity contribution in [3.05, 3.63) is 22.8 Å². The SMILES string of the molecule is CC(C)c1nc(C=O)c2c(n1)CCOC2. The molecule has 2 rings (SSSR count). The lowest BCUT2D eigenvalue weighted by Crippen LogP contribution is -2.17. The molecule has 0 fully saturated rings. The van der Waals surface area contributed by atoms with Crippen LogP contribution in [-0.2, 0) is 17.8 Å². The number of aromatic nitrogens is 2. The van der Waals surface area contributed by atoms with Crippen LogP contribution in [0.4, 0.5) is 0 Å². The standard InChI is InChI=1S/C11H14N2O2/c1-7(2)11-12-9-3-4-15-6-8(9)10(5-14)13-11/h5,7H,3-4,6H2,1-2H3. The van der Waals surface area contributed by atoms with E-state index in [1.54, 1.807) is 0 Å². The smallest absolute Gasteiger partial charge is 0.168 e. The van der Waals surface area contributed by atoms with Gasteiger partial charge in [0, 0.05) is 17.9 Å². The van der Waals surface area contributed by atoms with Gasteiger partial charge in [-0.15, -0.1) is 0 Å². The Bertz CT molecular complexity index is 388. The molecule has 1 aliphatic heterocycles. The molecular weight excluding hydrogens is 192 g/mol. The Balaban J connectivity index is 2.52. The van der Waals surface area contributed by atoms with Gasteiger partial charge < -0.3 is 4.74 Å². The fourth-order valence-electron chi connectivity index (χ4n) is 1.63. The minimum atomic E-state index is 0.247. The highest BCUT2D eigenvalue weighted by Gasteiger charge is 2.18. The third-order valence-corrected chi connectivity index (χ3v) is 2.50. The Morgan fingerprint density at radius 1 is 1.40 bits per heavy atom. The average molecular weight is 206 g/mol. The van der Waals surface area contributed by atoms with Crippen LogP contribution in [0.3, 0.4) is 0 Å². The summed E-state index contributed by atoms with van der Waals surface area (Å²) in [6.45, 7) is 5.19. The number of rotatable bonds is 2. The quantitative estimate of drug-likeness (QED) is 0.688. The summed E-state index contributed by atoms with van der Waals surface area (Å²) in [6.07, 6.45) is 1.57. The van der Waals surface area contributed by atoms with Crippen LogP contribution in [0.5, 0.6) is 0 Å². The monoisotopic (exact) mass is 206 g/mol. The molecule has 2 heterocycles. The lowest BCUT2D eigenvalue weighted by Gasteiger charge is -2.18. The van der Waals surface area contributed by atoms with Crippen molar-refractivity contribution in [2.45, 2.75) is 32.8 Å². The summed E-state index contributed by atoms with van der Waals surface area (Å²) < 4.78 is 5.30. The number of carbonyl (C=O) groups is 1. The molecule has 0 radical (unpaired) electrons. The molecule has 1 aromatic rings. The van der Waals surface area contributed by atoms with Gasteiger partial charge >= 0.3 is 0 Å². The van der Waals surface area contributed by atoms with Crippen molar-refractivity contribution in [2.75, 3.05) is 6.61 Å². The first-order valence-corrected chi connectivity index (χ1v) is 5.15. The first-order valence-electron chi connectivity index (χ1n) is 5.15. The first-order chi connectivity index (χ1) is 7.22. The van der Waals surface area contributed by atoms with Crippen LogP contribution >= 0.6 is 0 Å². The van der Waals surface area contributed by atoms with E-state index in [0.29, 0.717) is 18.9 Å². The summed E-state index contributed by atoms with van der Waals surface area (Å²) in [4.78, 5) is 19.6. The zero-order chi connectivity index (χ0) is 10.8. The van der Waals surface area contributed by atoms with E-state index in [2.05, 4.69) is 9.97 Å². The van der Waals surface area contributed by atoms with Crippen molar-refractivity contribution in [3.63, 3.8) is 0 Å². The van der Waals surface area contributed by atoms with Gasteiger partial charge in [0.2, 0.25) is 0 Å². The van der Waals surface area contributed by atoms with Gasteiger partial charge in [-0.1, -0.05) is 13.8 Å². The highest BCUT2D eigenvalue weighted by atomic mass is 16.5. The molecule has 0 unspecified atom stereocenters. The van der Waals surface area contributed by atoms with Gasteiger partial charge in [-0.3, -0.25) is 4.79 Å². The lowest BCUT2D eigenvalue weighted by atomic mass is 10.1. The second kappa shape index (κ2) is 4.06. The maximum Gasteiger partial charge on any atom is 0.168 e. The number of hydrogen-bond acceptors (Lipinski definition) is 4. The van der Waals surface area contributed by atoms with Gasteiger partial charge in [0.05, 0.1) is 18.9 Å². The van der Waals surface area contributed by atoms with E-state index in [-0.39, 0.29) is 5.92 Å². The van der Waals surface area contributed by atoms with Crippen molar-refractivity contribution in [1.82, 2.24) is 9.97 Å². The van der Waals surface area contributed by atoms with Gasteiger partial charge in [-0.05, 0) is 0 Å². The van der Waals surface area contributed by atoms with E-state index in [0.717, 1.165) is 29.8 Å². The minimum absolute atomic E-state index is 0.247. The van der Waals surface area contributed by atoms with Crippen LogP contribution in [0.25, 0.3) is 0 Å². The lowest BCUT2D eigenvalue weighted by molar-refractivity contribution is 0.103. The van der Waals surface area contributed by atoms with Crippen LogP contribution in [-0.4, -0.2) is 22.9 Å². The summed E-state index contributed by atoms with van der Waals surface area (Å²) in [5.41, 5.74) is 2.33. The highest BCUT2D eigenvalue weighted by Crippen LogP contribution is 2.19. The molecule has 4 nitrogen and oxygen atoms in total. The van der Waals surface area contributed by atoms with Gasteiger partial charge in [0.25, 0.3) is 0 Å². The van der Waals surface area contributed by atoms with Crippen LogP contribution in [0.15, 0.2) is 0 Å². The van der Waals surface area contributed by atoms with Crippen LogP contribution < -0.4 is 0 Å². The molecule has 0 bridgehead atoms. The van der Waals surface area contributed by atoms with Gasteiger partial charge in [-0.2, -0.15) is 0 Å². The van der Waals surface area contributed by atoms with Crippen molar-refractivity contribution in [2.24, 2.45) is 0 Å². The van der Waals surface area contributed by atoms with Crippen LogP contribution in [0.2, 0.25) is 0 Å². The topological polar surface area (TPSA) is 52.1 Å². The Morgan fingerprint density at radius 3 is 2.87 bits per heavy atom. The fraction of sp³-hybridized carbons (Fsp3) is 0.545. The van der Waals surface area contributed by atoms with Gasteiger partial charge in [0.1, 0.15) is 11.5 Å². The number of carbonyl (C=O) groups excluding carboxylic acids is 1. The second-order valence-electron chi connectivity index (χ2n) is 3.97. The molecule has 0 aliphatic carbocycles. The summed E-state index contributed by atoms with van der Waals surface area (Å²) >= 11 is 0. The molecule has 0 spiro atoms. The van der Waals surface area contributed by atoms with Crippen molar-refractivity contribution >= 4 is 6.29 Å². The molecule has 15 heavy (non-hydrogen) atoms. The summed E-state index contributed by atoms with van der Waals surface area (Å²) in [5.74, 6) is 0.995. The van der Waals surface area contributed by atoms with Gasteiger partial charge in [-0.25, -0.2) is 9.97 Å². The zero-order valence-corrected chi connectivity index (χ0v) is 8.99. The molecule has 0 saturated carbocycles. The third-order valence-electron chi connectivity index (χ3n) is 2.50. The third kappa shape index (κ3) is 1.90. The van der Waals surface area contributed by atoms with E-state index in [1.165, 1.54) is 0 Å². The summed E-state index contributed by atoms with van der Waals surface area (Å²) in [5, 5.41) is 0. The van der Waals surface area contributed by atoms with Crippen molar-refractivity contribution in [1.29, 1.82) is 0 Å². The maximum atomic E-state index is 10.9. The predicted octanol–water partition coefficient (Wildman–Crippen LogP) is 1.49. The Kier molecular flexibility index (Phi) is 2.77. The fourth-order valence-corrected chi connectivity index (χ4v) is 1.63. The largest absolute Gasteiger partial charge is 0.376 e. The molecule has 4 heteroatoms. The Labute approximate surface area is 88.7 Å². The van der Waals surface area contributed by atoms with Crippen LogP contribution in [0, 0.1) is 0 Å². The molecule has 0 saturated heterocycles. The zero-order valence-electron chi connectivity index (χ0n) is 8.99. The summed E-state index contributed by atoms with van der Waals surface area (Å²) in [7, 11) is 0. The summed E-state index contributed by atoms with van der Waals surface area (Å²) in [6, 6.07) is 0. The molecule has 80 valence electrons. The molecule has 1 aromatic heterocycles. The average Bonchev–Trinajstić information content (AvgIpc) is 2.27. The molecule has 0 atom stereocenters. The molecule has 1 aliphatic rings. The van der Waals surface area contributed by atoms with Gasteiger partial charge in [0.15, 0.2) is 6.29 Å². The Morgan fingerprint density at radius 2 is 2.20 bits per heavy atom. The Hall–Kier alpha value is -1.29. The number of hydrogen-bond donors (Lipinski definition) is 0. The highest BCUT2D eigenvalue weighted by molar-refractivity contribution is 5.74. The van der Waals surface area contributed by atoms with E-state index >= 15 is 0 Å². The minimum Gasteiger partial charge on any atom is -0.376 e. The number of aldehydes is 1. The van der Waals surface area contributed by atoms with E-state index in [9.17, 15) is 4.79 Å². The number of nitrogens with zero attached hydrogens (tertiary/aromatic N) is 2. The second-order valence-corrected chi connectivity index (χ2v) is 3.97. The molecule has 0 amide bonds. The first kappa shape index (κ1) is 10.2. The van der Waals surface area contributed by atoms with Crippen molar-refractivity contribution in [3.8, 4) is 0 Å². The molecular formula is C11H14N2O2. The van der Waals surface area contributed by atoms with Crippen molar-refractivity contribution < 1.29 is 9.53 Å². The normalized spacial score (nSPS) is 15.1. The predicted molar refractivity (Wildman–Crippen MR) is 54.9 cm³/mol. The van der Waals surface area contributed by atoms with Crippen LogP contribution in [0.1, 0.15) is 47.3 Å².